The number of phenolic OH excluding ortho intramolecular Hbond substituents is 2. The Morgan fingerprint density at radius 1 is 1.07 bits per heavy atom. The Morgan fingerprint density at radius 3 is 2.30 bits per heavy atom. The van der Waals surface area contributed by atoms with Crippen LogP contribution in [-0.4, -0.2) is 51.1 Å². The number of phenols is 2. The first kappa shape index (κ1) is 19.3. The van der Waals surface area contributed by atoms with Crippen molar-refractivity contribution in [1.29, 1.82) is 0 Å². The fourth-order valence-corrected chi connectivity index (χ4v) is 4.09. The largest absolute Gasteiger partial charge is 0.508 e. The molecule has 1 saturated heterocycles. The maximum absolute atomic E-state index is 12.2. The molecule has 1 unspecified atom stereocenters. The summed E-state index contributed by atoms with van der Waals surface area (Å²) in [6, 6.07) is 9.32. The van der Waals surface area contributed by atoms with Crippen LogP contribution in [0.3, 0.4) is 0 Å². The van der Waals surface area contributed by atoms with Crippen molar-refractivity contribution >= 4 is 21.2 Å². The molecule has 146 valence electrons. The zero-order valence-electron chi connectivity index (χ0n) is 15.4. The Balaban J connectivity index is 1.95. The first-order chi connectivity index (χ1) is 12.7. The predicted molar refractivity (Wildman–Crippen MR) is 106 cm³/mol. The second kappa shape index (κ2) is 7.66. The number of piperazine rings is 1. The summed E-state index contributed by atoms with van der Waals surface area (Å²) in [5, 5.41) is 25.9. The van der Waals surface area contributed by atoms with Gasteiger partial charge in [0.05, 0.1) is 10.6 Å². The molecular formula is C19H25N3O4S. The van der Waals surface area contributed by atoms with Crippen LogP contribution in [0, 0.1) is 0 Å². The molecule has 1 fully saturated rings. The molecule has 8 heteroatoms. The number of nitrogens with one attached hydrogen (secondary N) is 2. The van der Waals surface area contributed by atoms with Crippen molar-refractivity contribution in [2.24, 2.45) is 0 Å². The average Bonchev–Trinajstić information content (AvgIpc) is 2.60. The molecule has 0 radical (unpaired) electrons. The van der Waals surface area contributed by atoms with E-state index in [1.54, 1.807) is 6.07 Å². The number of hydrogen-bond acceptors (Lipinski definition) is 7. The lowest BCUT2D eigenvalue weighted by Crippen LogP contribution is -2.43. The average molecular weight is 391 g/mol. The molecule has 4 N–H and O–H groups in total. The van der Waals surface area contributed by atoms with Crippen molar-refractivity contribution in [2.45, 2.75) is 17.9 Å². The van der Waals surface area contributed by atoms with Crippen molar-refractivity contribution < 1.29 is 18.6 Å². The summed E-state index contributed by atoms with van der Waals surface area (Å²) in [5.74, 6) is -0.0897. The number of hydrogen-bond donors (Lipinski definition) is 4. The van der Waals surface area contributed by atoms with E-state index in [9.17, 15) is 18.6 Å². The van der Waals surface area contributed by atoms with Gasteiger partial charge in [0.1, 0.15) is 11.5 Å². The van der Waals surface area contributed by atoms with E-state index in [4.69, 9.17) is 0 Å². The summed E-state index contributed by atoms with van der Waals surface area (Å²) in [6.45, 7) is 5.32. The highest BCUT2D eigenvalue weighted by Crippen LogP contribution is 2.32. The number of anilines is 2. The summed E-state index contributed by atoms with van der Waals surface area (Å²) in [5.41, 5.74) is 2.11. The Hall–Kier alpha value is -2.45. The number of rotatable bonds is 5. The third-order valence-electron chi connectivity index (χ3n) is 4.64. The van der Waals surface area contributed by atoms with Crippen molar-refractivity contribution in [1.82, 2.24) is 5.32 Å². The highest BCUT2D eigenvalue weighted by atomic mass is 32.2. The molecule has 0 aromatic heterocycles. The highest BCUT2D eigenvalue weighted by Gasteiger charge is 2.19. The summed E-state index contributed by atoms with van der Waals surface area (Å²) in [6.07, 6.45) is 1.18. The van der Waals surface area contributed by atoms with Gasteiger partial charge in [0.15, 0.2) is 9.84 Å². The van der Waals surface area contributed by atoms with Crippen LogP contribution in [0.2, 0.25) is 0 Å². The number of nitrogens with zero attached hydrogens (tertiary/aromatic N) is 1. The van der Waals surface area contributed by atoms with Crippen LogP contribution in [0.4, 0.5) is 11.4 Å². The summed E-state index contributed by atoms with van der Waals surface area (Å²) in [7, 11) is -3.42. The second-order valence-corrected chi connectivity index (χ2v) is 8.82. The van der Waals surface area contributed by atoms with E-state index in [1.807, 2.05) is 19.1 Å². The molecule has 2 aromatic carbocycles. The maximum atomic E-state index is 12.2. The fourth-order valence-electron chi connectivity index (χ4n) is 3.26. The van der Waals surface area contributed by atoms with Gasteiger partial charge in [0.25, 0.3) is 0 Å². The van der Waals surface area contributed by atoms with Crippen LogP contribution < -0.4 is 15.5 Å². The zero-order chi connectivity index (χ0) is 19.6. The SMILES string of the molecule is CC(Nc1cc(N2CCNCC2)ccc1S(C)(=O)=O)c1cc(O)cc(O)c1. The Labute approximate surface area is 159 Å². The van der Waals surface area contributed by atoms with Crippen LogP contribution in [0.15, 0.2) is 41.3 Å². The molecule has 1 atom stereocenters. The first-order valence-corrected chi connectivity index (χ1v) is 10.7. The highest BCUT2D eigenvalue weighted by molar-refractivity contribution is 7.90. The van der Waals surface area contributed by atoms with E-state index in [0.717, 1.165) is 31.9 Å². The second-order valence-electron chi connectivity index (χ2n) is 6.84. The van der Waals surface area contributed by atoms with Crippen LogP contribution >= 0.6 is 0 Å². The molecule has 3 rings (SSSR count). The molecule has 0 bridgehead atoms. The van der Waals surface area contributed by atoms with Gasteiger partial charge in [-0.3, -0.25) is 0 Å². The number of benzene rings is 2. The monoisotopic (exact) mass is 391 g/mol. The molecule has 0 spiro atoms. The van der Waals surface area contributed by atoms with Gasteiger partial charge in [0, 0.05) is 50.2 Å². The van der Waals surface area contributed by atoms with Gasteiger partial charge >= 0.3 is 0 Å². The van der Waals surface area contributed by atoms with Crippen LogP contribution in [0.25, 0.3) is 0 Å². The Morgan fingerprint density at radius 2 is 1.70 bits per heavy atom. The molecule has 1 heterocycles. The van der Waals surface area contributed by atoms with Crippen LogP contribution in [0.5, 0.6) is 11.5 Å². The normalized spacial score (nSPS) is 16.1. The minimum Gasteiger partial charge on any atom is -0.508 e. The van der Waals surface area contributed by atoms with Gasteiger partial charge in [-0.15, -0.1) is 0 Å². The summed E-state index contributed by atoms with van der Waals surface area (Å²) >= 11 is 0. The quantitative estimate of drug-likeness (QED) is 0.619. The summed E-state index contributed by atoms with van der Waals surface area (Å²) < 4.78 is 24.4. The van der Waals surface area contributed by atoms with Gasteiger partial charge in [-0.25, -0.2) is 8.42 Å². The van der Waals surface area contributed by atoms with E-state index in [-0.39, 0.29) is 22.4 Å². The van der Waals surface area contributed by atoms with Gasteiger partial charge in [-0.05, 0) is 42.8 Å². The van der Waals surface area contributed by atoms with Gasteiger partial charge in [0.2, 0.25) is 0 Å². The van der Waals surface area contributed by atoms with Gasteiger partial charge in [-0.1, -0.05) is 0 Å². The molecule has 0 amide bonds. The predicted octanol–water partition coefficient (Wildman–Crippen LogP) is 2.08. The lowest BCUT2D eigenvalue weighted by molar-refractivity contribution is 0.448. The van der Waals surface area contributed by atoms with Crippen molar-refractivity contribution in [3.8, 4) is 11.5 Å². The molecule has 1 aliphatic rings. The number of aromatic hydroxyl groups is 2. The van der Waals surface area contributed by atoms with Crippen LogP contribution in [0.1, 0.15) is 18.5 Å². The third-order valence-corrected chi connectivity index (χ3v) is 5.80. The van der Waals surface area contributed by atoms with Crippen molar-refractivity contribution in [3.63, 3.8) is 0 Å². The first-order valence-electron chi connectivity index (χ1n) is 8.83. The van der Waals surface area contributed by atoms with Gasteiger partial charge < -0.3 is 25.7 Å². The summed E-state index contributed by atoms with van der Waals surface area (Å²) in [4.78, 5) is 2.43. The van der Waals surface area contributed by atoms with E-state index >= 15 is 0 Å². The minimum absolute atomic E-state index is 0.0449. The molecule has 1 aliphatic heterocycles. The molecule has 0 aliphatic carbocycles. The maximum Gasteiger partial charge on any atom is 0.177 e. The van der Waals surface area contributed by atoms with Crippen LogP contribution in [-0.2, 0) is 9.84 Å². The molecule has 0 saturated carbocycles. The topological polar surface area (TPSA) is 102 Å². The Kier molecular flexibility index (Phi) is 5.48. The molecule has 27 heavy (non-hydrogen) atoms. The van der Waals surface area contributed by atoms with E-state index < -0.39 is 9.84 Å². The Bertz CT molecular complexity index is 904. The fraction of sp³-hybridized carbons (Fsp3) is 0.368. The van der Waals surface area contributed by atoms with E-state index in [2.05, 4.69) is 15.5 Å². The van der Waals surface area contributed by atoms with Gasteiger partial charge in [-0.2, -0.15) is 0 Å². The zero-order valence-corrected chi connectivity index (χ0v) is 16.3. The lowest BCUT2D eigenvalue weighted by atomic mass is 10.1. The molecular weight excluding hydrogens is 366 g/mol. The third kappa shape index (κ3) is 4.64. The van der Waals surface area contributed by atoms with Crippen molar-refractivity contribution in [3.05, 3.63) is 42.0 Å². The molecule has 7 nitrogen and oxygen atoms in total. The standard InChI is InChI=1S/C19H25N3O4S/c1-13(14-9-16(23)12-17(24)10-14)21-18-11-15(22-7-5-20-6-8-22)3-4-19(18)27(2,25)26/h3-4,9-13,20-21,23-24H,5-8H2,1-2H3. The van der Waals surface area contributed by atoms with E-state index in [1.165, 1.54) is 24.5 Å². The smallest absolute Gasteiger partial charge is 0.177 e. The van der Waals surface area contributed by atoms with Crippen molar-refractivity contribution in [2.75, 3.05) is 42.7 Å². The number of sulfone groups is 1. The lowest BCUT2D eigenvalue weighted by Gasteiger charge is -2.30. The minimum atomic E-state index is -3.42. The molecule has 2 aromatic rings. The van der Waals surface area contributed by atoms with E-state index in [0.29, 0.717) is 11.3 Å².